The third kappa shape index (κ3) is 1.24. The molecule has 0 amide bonds. The Kier molecular flexibility index (Phi) is 1.97. The van der Waals surface area contributed by atoms with Gasteiger partial charge in [0.05, 0.1) is 0 Å². The summed E-state index contributed by atoms with van der Waals surface area (Å²) in [5.41, 5.74) is 5.39. The first-order chi connectivity index (χ1) is 7.66. The molecule has 1 aromatic carbocycles. The van der Waals surface area contributed by atoms with Crippen molar-refractivity contribution in [3.8, 4) is 0 Å². The molecule has 0 saturated carbocycles. The second kappa shape index (κ2) is 3.24. The summed E-state index contributed by atoms with van der Waals surface area (Å²) < 4.78 is 0. The largest absolute Gasteiger partial charge is 0.355 e. The number of benzene rings is 1. The molecule has 0 saturated heterocycles. The Morgan fingerprint density at radius 2 is 2.00 bits per heavy atom. The van der Waals surface area contributed by atoms with Crippen molar-refractivity contribution in [1.82, 2.24) is 4.98 Å². The highest BCUT2D eigenvalue weighted by atomic mass is 14.7. The zero-order valence-electron chi connectivity index (χ0n) is 10.0. The second-order valence-electron chi connectivity index (χ2n) is 5.01. The molecule has 3 rings (SSSR count). The summed E-state index contributed by atoms with van der Waals surface area (Å²) in [6.45, 7) is 6.77. The number of allylic oxidation sites excluding steroid dienone is 1. The summed E-state index contributed by atoms with van der Waals surface area (Å²) in [5.74, 6) is 1.24. The van der Waals surface area contributed by atoms with E-state index >= 15 is 0 Å². The molecule has 2 aromatic rings. The van der Waals surface area contributed by atoms with Gasteiger partial charge in [-0.25, -0.2) is 0 Å². The van der Waals surface area contributed by atoms with Gasteiger partial charge in [0.25, 0.3) is 0 Å². The van der Waals surface area contributed by atoms with Crippen molar-refractivity contribution in [2.24, 2.45) is 5.92 Å². The number of H-pyrrole nitrogens is 1. The van der Waals surface area contributed by atoms with E-state index in [1.54, 1.807) is 0 Å². The van der Waals surface area contributed by atoms with Crippen LogP contribution in [0.4, 0.5) is 0 Å². The molecule has 1 heterocycles. The van der Waals surface area contributed by atoms with Gasteiger partial charge >= 0.3 is 0 Å². The smallest absolute Gasteiger partial charge is 0.0461 e. The molecule has 1 N–H and O–H groups in total. The van der Waals surface area contributed by atoms with E-state index < -0.39 is 0 Å². The number of aryl methyl sites for hydroxylation is 1. The Hall–Kier alpha value is -1.50. The van der Waals surface area contributed by atoms with Crippen LogP contribution in [0.15, 0.2) is 24.3 Å². The Morgan fingerprint density at radius 1 is 1.19 bits per heavy atom. The predicted molar refractivity (Wildman–Crippen MR) is 69.6 cm³/mol. The van der Waals surface area contributed by atoms with E-state index in [1.165, 1.54) is 27.7 Å². The van der Waals surface area contributed by atoms with Crippen molar-refractivity contribution in [3.63, 3.8) is 0 Å². The highest BCUT2D eigenvalue weighted by Crippen LogP contribution is 2.38. The standard InChI is InChI=1S/C15H17N/c1-9-4-6-13-12(8-9)15-11(3)10(2)5-7-14(15)16-13/h4-8,10-11,16H,1-3H3. The van der Waals surface area contributed by atoms with Crippen molar-refractivity contribution in [3.05, 3.63) is 41.1 Å². The van der Waals surface area contributed by atoms with Crippen LogP contribution in [-0.2, 0) is 0 Å². The Labute approximate surface area is 96.2 Å². The molecule has 1 heteroatoms. The van der Waals surface area contributed by atoms with Crippen LogP contribution in [-0.4, -0.2) is 4.98 Å². The van der Waals surface area contributed by atoms with E-state index in [9.17, 15) is 0 Å². The highest BCUT2D eigenvalue weighted by Gasteiger charge is 2.22. The van der Waals surface area contributed by atoms with Gasteiger partial charge in [-0.1, -0.05) is 31.6 Å². The lowest BCUT2D eigenvalue weighted by Gasteiger charge is -2.21. The highest BCUT2D eigenvalue weighted by molar-refractivity contribution is 5.89. The van der Waals surface area contributed by atoms with Gasteiger partial charge in [-0.3, -0.25) is 0 Å². The number of rotatable bonds is 0. The molecular weight excluding hydrogens is 194 g/mol. The number of fused-ring (bicyclic) bond motifs is 3. The first kappa shape index (κ1) is 9.71. The third-order valence-electron chi connectivity index (χ3n) is 3.84. The molecule has 16 heavy (non-hydrogen) atoms. The number of hydrogen-bond donors (Lipinski definition) is 1. The van der Waals surface area contributed by atoms with E-state index in [0.29, 0.717) is 11.8 Å². The minimum atomic E-state index is 0.607. The molecule has 1 aliphatic carbocycles. The fourth-order valence-corrected chi connectivity index (χ4v) is 2.65. The molecule has 1 aliphatic rings. The predicted octanol–water partition coefficient (Wildman–Crippen LogP) is 4.24. The zero-order chi connectivity index (χ0) is 11.3. The molecule has 0 aliphatic heterocycles. The topological polar surface area (TPSA) is 15.8 Å². The van der Waals surface area contributed by atoms with E-state index in [2.05, 4.69) is 56.1 Å². The van der Waals surface area contributed by atoms with Crippen LogP contribution in [0.5, 0.6) is 0 Å². The molecular formula is C15H17N. The van der Waals surface area contributed by atoms with Crippen molar-refractivity contribution in [1.29, 1.82) is 0 Å². The van der Waals surface area contributed by atoms with Crippen LogP contribution >= 0.6 is 0 Å². The molecule has 0 radical (unpaired) electrons. The first-order valence-electron chi connectivity index (χ1n) is 5.97. The molecule has 1 aromatic heterocycles. The minimum Gasteiger partial charge on any atom is -0.355 e. The van der Waals surface area contributed by atoms with Gasteiger partial charge < -0.3 is 4.98 Å². The summed E-state index contributed by atoms with van der Waals surface area (Å²) in [7, 11) is 0. The monoisotopic (exact) mass is 211 g/mol. The van der Waals surface area contributed by atoms with Crippen molar-refractivity contribution < 1.29 is 0 Å². The zero-order valence-corrected chi connectivity index (χ0v) is 10.0. The maximum absolute atomic E-state index is 3.51. The van der Waals surface area contributed by atoms with Crippen molar-refractivity contribution in [2.75, 3.05) is 0 Å². The van der Waals surface area contributed by atoms with Gasteiger partial charge in [0.15, 0.2) is 0 Å². The molecule has 0 fully saturated rings. The molecule has 82 valence electrons. The SMILES string of the molecule is Cc1ccc2[nH]c3c(c2c1)C(C)C(C)C=C3. The van der Waals surface area contributed by atoms with E-state index in [4.69, 9.17) is 0 Å². The molecule has 1 nitrogen and oxygen atoms in total. The molecule has 2 atom stereocenters. The van der Waals surface area contributed by atoms with Crippen LogP contribution in [0.1, 0.15) is 36.6 Å². The summed E-state index contributed by atoms with van der Waals surface area (Å²) in [4.78, 5) is 3.51. The van der Waals surface area contributed by atoms with Crippen LogP contribution in [0.2, 0.25) is 0 Å². The van der Waals surface area contributed by atoms with E-state index in [1.807, 2.05) is 0 Å². The summed E-state index contributed by atoms with van der Waals surface area (Å²) in [6.07, 6.45) is 4.53. The quantitative estimate of drug-likeness (QED) is 0.670. The summed E-state index contributed by atoms with van der Waals surface area (Å²) in [6, 6.07) is 6.66. The van der Waals surface area contributed by atoms with Gasteiger partial charge in [0.2, 0.25) is 0 Å². The lowest BCUT2D eigenvalue weighted by molar-refractivity contribution is 0.589. The summed E-state index contributed by atoms with van der Waals surface area (Å²) >= 11 is 0. The van der Waals surface area contributed by atoms with Gasteiger partial charge in [-0.15, -0.1) is 0 Å². The van der Waals surface area contributed by atoms with Crippen LogP contribution < -0.4 is 0 Å². The van der Waals surface area contributed by atoms with Gasteiger partial charge in [0.1, 0.15) is 0 Å². The van der Waals surface area contributed by atoms with Gasteiger partial charge in [0, 0.05) is 16.6 Å². The Balaban J connectivity index is 2.35. The van der Waals surface area contributed by atoms with Gasteiger partial charge in [-0.05, 0) is 42.5 Å². The summed E-state index contributed by atoms with van der Waals surface area (Å²) in [5, 5.41) is 1.40. The Morgan fingerprint density at radius 3 is 2.81 bits per heavy atom. The van der Waals surface area contributed by atoms with Crippen LogP contribution in [0, 0.1) is 12.8 Å². The molecule has 0 bridgehead atoms. The average Bonchev–Trinajstić information content (AvgIpc) is 2.62. The maximum atomic E-state index is 3.51. The minimum absolute atomic E-state index is 0.607. The Bertz CT molecular complexity index is 574. The maximum Gasteiger partial charge on any atom is 0.0461 e. The van der Waals surface area contributed by atoms with Gasteiger partial charge in [-0.2, -0.15) is 0 Å². The van der Waals surface area contributed by atoms with Crippen molar-refractivity contribution >= 4 is 17.0 Å². The van der Waals surface area contributed by atoms with E-state index in [0.717, 1.165) is 0 Å². The lowest BCUT2D eigenvalue weighted by atomic mass is 9.83. The number of nitrogens with one attached hydrogen (secondary N) is 1. The molecule has 2 unspecified atom stereocenters. The fraction of sp³-hybridized carbons (Fsp3) is 0.333. The first-order valence-corrected chi connectivity index (χ1v) is 5.97. The number of aromatic amines is 1. The third-order valence-corrected chi connectivity index (χ3v) is 3.84. The van der Waals surface area contributed by atoms with Crippen LogP contribution in [0.25, 0.3) is 17.0 Å². The normalized spacial score (nSPS) is 23.7. The number of hydrogen-bond acceptors (Lipinski definition) is 0. The number of aromatic nitrogens is 1. The van der Waals surface area contributed by atoms with E-state index in [-0.39, 0.29) is 0 Å². The average molecular weight is 211 g/mol. The molecule has 0 spiro atoms. The second-order valence-corrected chi connectivity index (χ2v) is 5.01. The van der Waals surface area contributed by atoms with Crippen LogP contribution in [0.3, 0.4) is 0 Å². The lowest BCUT2D eigenvalue weighted by Crippen LogP contribution is -2.08. The van der Waals surface area contributed by atoms with Crippen molar-refractivity contribution in [2.45, 2.75) is 26.7 Å². The fourth-order valence-electron chi connectivity index (χ4n) is 2.65.